The van der Waals surface area contributed by atoms with Gasteiger partial charge in [-0.3, -0.25) is 4.79 Å². The molecule has 0 bridgehead atoms. The Kier molecular flexibility index (Phi) is 5.58. The molecular weight excluding hydrogens is 318 g/mol. The summed E-state index contributed by atoms with van der Waals surface area (Å²) in [7, 11) is 0. The van der Waals surface area contributed by atoms with Crippen molar-refractivity contribution in [3.63, 3.8) is 0 Å². The van der Waals surface area contributed by atoms with Crippen LogP contribution in [0.3, 0.4) is 0 Å². The van der Waals surface area contributed by atoms with Crippen molar-refractivity contribution in [3.8, 4) is 0 Å². The summed E-state index contributed by atoms with van der Waals surface area (Å²) in [6.07, 6.45) is -1.16. The summed E-state index contributed by atoms with van der Waals surface area (Å²) in [5.41, 5.74) is -1.40. The fourth-order valence-corrected chi connectivity index (χ4v) is 2.48. The van der Waals surface area contributed by atoms with Crippen molar-refractivity contribution in [2.24, 2.45) is 0 Å². The van der Waals surface area contributed by atoms with Crippen LogP contribution in [0.4, 0.5) is 15.3 Å². The lowest BCUT2D eigenvalue weighted by atomic mass is 10.2. The van der Waals surface area contributed by atoms with Crippen LogP contribution < -0.4 is 4.90 Å². The number of carbonyl (C=O) groups excluding carboxylic acids is 3. The van der Waals surface area contributed by atoms with E-state index >= 15 is 0 Å². The molecule has 0 radical (unpaired) electrons. The van der Waals surface area contributed by atoms with Gasteiger partial charge < -0.3 is 9.47 Å². The van der Waals surface area contributed by atoms with Crippen molar-refractivity contribution in [1.82, 2.24) is 0 Å². The normalized spacial score (nSPS) is 11.8. The van der Waals surface area contributed by atoms with Crippen LogP contribution in [0.25, 0.3) is 0 Å². The summed E-state index contributed by atoms with van der Waals surface area (Å²) in [5, 5.41) is 0. The minimum absolute atomic E-state index is 0.172. The third kappa shape index (κ3) is 5.67. The van der Waals surface area contributed by atoms with Gasteiger partial charge in [0, 0.05) is 4.88 Å². The van der Waals surface area contributed by atoms with E-state index in [9.17, 15) is 14.4 Å². The molecule has 0 N–H and O–H groups in total. The fourth-order valence-electron chi connectivity index (χ4n) is 1.66. The lowest BCUT2D eigenvalue weighted by Gasteiger charge is -2.28. The predicted molar refractivity (Wildman–Crippen MR) is 89.4 cm³/mol. The van der Waals surface area contributed by atoms with E-state index in [-0.39, 0.29) is 10.6 Å². The van der Waals surface area contributed by atoms with E-state index in [1.54, 1.807) is 54.5 Å². The van der Waals surface area contributed by atoms with Crippen LogP contribution in [-0.4, -0.2) is 29.7 Å². The number of carbonyl (C=O) groups is 3. The van der Waals surface area contributed by atoms with Gasteiger partial charge in [0.1, 0.15) is 11.2 Å². The molecule has 6 nitrogen and oxygen atoms in total. The number of aryl methyl sites for hydroxylation is 1. The molecule has 0 aliphatic heterocycles. The van der Waals surface area contributed by atoms with Crippen LogP contribution in [0.2, 0.25) is 0 Å². The molecule has 0 aromatic carbocycles. The second-order valence-corrected chi connectivity index (χ2v) is 8.31. The van der Waals surface area contributed by atoms with E-state index in [1.165, 1.54) is 11.3 Å². The highest BCUT2D eigenvalue weighted by Gasteiger charge is 2.34. The van der Waals surface area contributed by atoms with Gasteiger partial charge in [0.25, 0.3) is 0 Å². The van der Waals surface area contributed by atoms with Gasteiger partial charge in [-0.05, 0) is 54.5 Å². The number of amides is 2. The van der Waals surface area contributed by atoms with Crippen LogP contribution in [0.1, 0.15) is 56.1 Å². The molecule has 0 spiro atoms. The van der Waals surface area contributed by atoms with Gasteiger partial charge in [0.05, 0.1) is 10.6 Å². The molecule has 0 saturated heterocycles. The summed E-state index contributed by atoms with van der Waals surface area (Å²) in [5.74, 6) is 0. The van der Waals surface area contributed by atoms with Gasteiger partial charge >= 0.3 is 12.2 Å². The largest absolute Gasteiger partial charge is 0.443 e. The molecule has 7 heteroatoms. The van der Waals surface area contributed by atoms with Crippen LogP contribution >= 0.6 is 11.3 Å². The van der Waals surface area contributed by atoms with Gasteiger partial charge in [0.15, 0.2) is 6.29 Å². The van der Waals surface area contributed by atoms with E-state index in [2.05, 4.69) is 0 Å². The van der Waals surface area contributed by atoms with Gasteiger partial charge in [-0.15, -0.1) is 11.3 Å². The molecule has 1 aromatic rings. The molecule has 23 heavy (non-hydrogen) atoms. The zero-order valence-electron chi connectivity index (χ0n) is 14.6. The number of anilines is 1. The Morgan fingerprint density at radius 3 is 1.83 bits per heavy atom. The smallest absolute Gasteiger partial charge is 0.424 e. The maximum atomic E-state index is 12.5. The number of thiophene rings is 1. The number of aldehydes is 1. The second-order valence-electron chi connectivity index (χ2n) is 7.02. The molecule has 0 atom stereocenters. The first-order valence-corrected chi connectivity index (χ1v) is 7.97. The summed E-state index contributed by atoms with van der Waals surface area (Å²) in [6, 6.07) is 1.59. The lowest BCUT2D eigenvalue weighted by molar-refractivity contribution is 0.0431. The zero-order valence-corrected chi connectivity index (χ0v) is 15.4. The van der Waals surface area contributed by atoms with Gasteiger partial charge in [0.2, 0.25) is 0 Å². The summed E-state index contributed by atoms with van der Waals surface area (Å²) in [4.78, 5) is 38.0. The average molecular weight is 341 g/mol. The van der Waals surface area contributed by atoms with E-state index < -0.39 is 23.4 Å². The van der Waals surface area contributed by atoms with Crippen molar-refractivity contribution in [2.45, 2.75) is 59.7 Å². The number of hydrogen-bond acceptors (Lipinski definition) is 6. The number of rotatable bonds is 2. The Morgan fingerprint density at radius 1 is 1.04 bits per heavy atom. The quantitative estimate of drug-likeness (QED) is 0.738. The Hall–Kier alpha value is -1.89. The number of ether oxygens (including phenoxy) is 2. The molecule has 128 valence electrons. The Balaban J connectivity index is 3.28. The molecule has 0 aliphatic carbocycles. The predicted octanol–water partition coefficient (Wildman–Crippen LogP) is 4.55. The van der Waals surface area contributed by atoms with Crippen molar-refractivity contribution < 1.29 is 23.9 Å². The highest BCUT2D eigenvalue weighted by Crippen LogP contribution is 2.31. The molecule has 1 aromatic heterocycles. The molecule has 1 rings (SSSR count). The molecule has 0 unspecified atom stereocenters. The van der Waals surface area contributed by atoms with Crippen LogP contribution in [0.15, 0.2) is 6.07 Å². The van der Waals surface area contributed by atoms with E-state index in [1.807, 2.05) is 0 Å². The second kappa shape index (κ2) is 6.70. The molecule has 0 fully saturated rings. The number of hydrogen-bond donors (Lipinski definition) is 0. The van der Waals surface area contributed by atoms with Crippen molar-refractivity contribution in [3.05, 3.63) is 15.8 Å². The van der Waals surface area contributed by atoms with Crippen molar-refractivity contribution in [1.29, 1.82) is 0 Å². The highest BCUT2D eigenvalue weighted by molar-refractivity contribution is 7.14. The standard InChI is InChI=1S/C16H23NO5S/c1-10-8-11(12(9-18)23-10)17(13(19)21-15(2,3)4)14(20)22-16(5,6)7/h8-9H,1-7H3. The molecule has 0 aliphatic rings. The average Bonchev–Trinajstić information content (AvgIpc) is 2.65. The molecular formula is C16H23NO5S. The van der Waals surface area contributed by atoms with E-state index in [4.69, 9.17) is 9.47 Å². The Labute approximate surface area is 140 Å². The van der Waals surface area contributed by atoms with Gasteiger partial charge in [-0.1, -0.05) is 0 Å². The zero-order chi connectivity index (χ0) is 18.0. The third-order valence-corrected chi connectivity index (χ3v) is 3.33. The SMILES string of the molecule is Cc1cc(N(C(=O)OC(C)(C)C)C(=O)OC(C)(C)C)c(C=O)s1. The summed E-state index contributed by atoms with van der Waals surface area (Å²) >= 11 is 1.19. The van der Waals surface area contributed by atoms with Crippen molar-refractivity contribution >= 4 is 35.5 Å². The Bertz CT molecular complexity index is 579. The highest BCUT2D eigenvalue weighted by atomic mass is 32.1. The van der Waals surface area contributed by atoms with E-state index in [0.29, 0.717) is 6.29 Å². The Morgan fingerprint density at radius 2 is 1.48 bits per heavy atom. The minimum Gasteiger partial charge on any atom is -0.443 e. The molecule has 2 amide bonds. The third-order valence-electron chi connectivity index (χ3n) is 2.36. The van der Waals surface area contributed by atoms with Gasteiger partial charge in [-0.2, -0.15) is 4.90 Å². The van der Waals surface area contributed by atoms with E-state index in [0.717, 1.165) is 9.78 Å². The van der Waals surface area contributed by atoms with Gasteiger partial charge in [-0.25, -0.2) is 9.59 Å². The maximum absolute atomic E-state index is 12.5. The molecule has 0 saturated carbocycles. The summed E-state index contributed by atoms with van der Waals surface area (Å²) in [6.45, 7) is 11.9. The topological polar surface area (TPSA) is 72.9 Å². The maximum Gasteiger partial charge on any atom is 0.424 e. The first-order chi connectivity index (χ1) is 10.3. The lowest BCUT2D eigenvalue weighted by Crippen LogP contribution is -2.44. The first-order valence-electron chi connectivity index (χ1n) is 7.16. The number of imide groups is 1. The monoisotopic (exact) mass is 341 g/mol. The molecule has 1 heterocycles. The first kappa shape index (κ1) is 19.2. The van der Waals surface area contributed by atoms with Crippen LogP contribution in [-0.2, 0) is 9.47 Å². The minimum atomic E-state index is -0.882. The van der Waals surface area contributed by atoms with Crippen molar-refractivity contribution in [2.75, 3.05) is 4.90 Å². The summed E-state index contributed by atoms with van der Waals surface area (Å²) < 4.78 is 10.5. The number of nitrogens with zero attached hydrogens (tertiary/aromatic N) is 1. The van der Waals surface area contributed by atoms with Crippen LogP contribution in [0, 0.1) is 6.92 Å². The fraction of sp³-hybridized carbons (Fsp3) is 0.562. The van der Waals surface area contributed by atoms with Crippen LogP contribution in [0.5, 0.6) is 0 Å².